The highest BCUT2D eigenvalue weighted by atomic mass is 19.4. The van der Waals surface area contributed by atoms with Crippen LogP contribution in [0, 0.1) is 0 Å². The molecule has 1 aromatic carbocycles. The van der Waals surface area contributed by atoms with Gasteiger partial charge in [0.2, 0.25) is 0 Å². The van der Waals surface area contributed by atoms with E-state index in [1.807, 2.05) is 31.2 Å². The maximum atomic E-state index is 12.1. The minimum absolute atomic E-state index is 0.177. The Balaban J connectivity index is 2.63. The van der Waals surface area contributed by atoms with Gasteiger partial charge in [-0.3, -0.25) is 0 Å². The molecule has 0 aliphatic rings. The van der Waals surface area contributed by atoms with E-state index >= 15 is 0 Å². The molecule has 0 aromatic heterocycles. The van der Waals surface area contributed by atoms with E-state index in [1.165, 1.54) is 0 Å². The summed E-state index contributed by atoms with van der Waals surface area (Å²) in [6.45, 7) is 2.63. The molecule has 1 rings (SSSR count). The second-order valence-corrected chi connectivity index (χ2v) is 4.69. The molecule has 0 radical (unpaired) electrons. The Kier molecular flexibility index (Phi) is 7.53. The molecule has 0 spiro atoms. The summed E-state index contributed by atoms with van der Waals surface area (Å²) in [5, 5.41) is 3.27. The number of para-hydroxylation sites is 1. The van der Waals surface area contributed by atoms with Crippen LogP contribution in [0.15, 0.2) is 24.3 Å². The van der Waals surface area contributed by atoms with E-state index < -0.39 is 12.6 Å². The van der Waals surface area contributed by atoms with Crippen LogP contribution in [0.2, 0.25) is 0 Å². The molecule has 3 nitrogen and oxygen atoms in total. The third kappa shape index (κ3) is 6.82. The van der Waals surface area contributed by atoms with Crippen LogP contribution >= 0.6 is 0 Å². The Morgan fingerprint density at radius 2 is 1.95 bits per heavy atom. The summed E-state index contributed by atoms with van der Waals surface area (Å²) >= 11 is 0. The van der Waals surface area contributed by atoms with Crippen LogP contribution in [0.25, 0.3) is 0 Å². The van der Waals surface area contributed by atoms with E-state index in [2.05, 4.69) is 5.32 Å². The van der Waals surface area contributed by atoms with Gasteiger partial charge in [0.1, 0.15) is 5.75 Å². The molecule has 1 aromatic rings. The van der Waals surface area contributed by atoms with Gasteiger partial charge in [-0.1, -0.05) is 25.1 Å². The lowest BCUT2D eigenvalue weighted by Crippen LogP contribution is -2.27. The number of rotatable bonds is 9. The third-order valence-corrected chi connectivity index (χ3v) is 2.97. The molecule has 0 fully saturated rings. The summed E-state index contributed by atoms with van der Waals surface area (Å²) in [5.74, 6) is 0.700. The number of ether oxygens (including phenoxy) is 2. The van der Waals surface area contributed by atoms with Crippen molar-refractivity contribution >= 4 is 0 Å². The zero-order chi connectivity index (χ0) is 15.7. The Morgan fingerprint density at radius 1 is 1.24 bits per heavy atom. The van der Waals surface area contributed by atoms with Crippen molar-refractivity contribution in [2.75, 3.05) is 26.9 Å². The molecular formula is C15H22F3NO2. The number of hydrogen-bond donors (Lipinski definition) is 1. The predicted molar refractivity (Wildman–Crippen MR) is 75.5 cm³/mol. The third-order valence-electron chi connectivity index (χ3n) is 2.97. The standard InChI is InChI=1S/C15H22F3NO2/c1-3-9-19-13(11-21-10-8-15(16,17)18)12-6-4-5-7-14(12)20-2/h4-7,13,19H,3,8-11H2,1-2H3. The average Bonchev–Trinajstić information content (AvgIpc) is 2.45. The largest absolute Gasteiger partial charge is 0.496 e. The lowest BCUT2D eigenvalue weighted by Gasteiger charge is -2.21. The van der Waals surface area contributed by atoms with Gasteiger partial charge in [0.15, 0.2) is 0 Å². The molecule has 0 amide bonds. The lowest BCUT2D eigenvalue weighted by molar-refractivity contribution is -0.145. The quantitative estimate of drug-likeness (QED) is 0.706. The molecule has 0 saturated heterocycles. The summed E-state index contributed by atoms with van der Waals surface area (Å²) in [5.41, 5.74) is 0.889. The number of nitrogens with one attached hydrogen (secondary N) is 1. The number of halogens is 3. The second-order valence-electron chi connectivity index (χ2n) is 4.69. The summed E-state index contributed by atoms with van der Waals surface area (Å²) in [6, 6.07) is 7.25. The summed E-state index contributed by atoms with van der Waals surface area (Å²) < 4.78 is 46.8. The van der Waals surface area contributed by atoms with Crippen molar-refractivity contribution in [3.63, 3.8) is 0 Å². The first kappa shape index (κ1) is 17.8. The first-order valence-corrected chi connectivity index (χ1v) is 6.98. The number of benzene rings is 1. The number of alkyl halides is 3. The van der Waals surface area contributed by atoms with Crippen LogP contribution < -0.4 is 10.1 Å². The van der Waals surface area contributed by atoms with Crippen molar-refractivity contribution in [3.8, 4) is 5.75 Å². The van der Waals surface area contributed by atoms with Crippen molar-refractivity contribution < 1.29 is 22.6 Å². The van der Waals surface area contributed by atoms with E-state index in [9.17, 15) is 13.2 Å². The Morgan fingerprint density at radius 3 is 2.57 bits per heavy atom. The lowest BCUT2D eigenvalue weighted by atomic mass is 10.1. The Bertz CT molecular complexity index is 410. The van der Waals surface area contributed by atoms with Crippen LogP contribution in [0.5, 0.6) is 5.75 Å². The van der Waals surface area contributed by atoms with Crippen molar-refractivity contribution in [3.05, 3.63) is 29.8 Å². The van der Waals surface area contributed by atoms with Gasteiger partial charge < -0.3 is 14.8 Å². The fourth-order valence-electron chi connectivity index (χ4n) is 1.92. The van der Waals surface area contributed by atoms with Gasteiger partial charge in [-0.25, -0.2) is 0 Å². The van der Waals surface area contributed by atoms with Crippen LogP contribution in [-0.2, 0) is 4.74 Å². The molecule has 0 aliphatic heterocycles. The van der Waals surface area contributed by atoms with Crippen molar-refractivity contribution in [1.82, 2.24) is 5.32 Å². The minimum atomic E-state index is -4.18. The SMILES string of the molecule is CCCNC(COCCC(F)(F)F)c1ccccc1OC. The number of hydrogen-bond acceptors (Lipinski definition) is 3. The normalized spacial score (nSPS) is 13.2. The van der Waals surface area contributed by atoms with E-state index in [4.69, 9.17) is 9.47 Å². The van der Waals surface area contributed by atoms with E-state index in [1.54, 1.807) is 7.11 Å². The van der Waals surface area contributed by atoms with Gasteiger partial charge in [-0.15, -0.1) is 0 Å². The zero-order valence-electron chi connectivity index (χ0n) is 12.4. The molecule has 1 N–H and O–H groups in total. The molecule has 21 heavy (non-hydrogen) atoms. The maximum absolute atomic E-state index is 12.1. The van der Waals surface area contributed by atoms with Gasteiger partial charge >= 0.3 is 6.18 Å². The van der Waals surface area contributed by atoms with Gasteiger partial charge in [0, 0.05) is 5.56 Å². The second kappa shape index (κ2) is 8.89. The van der Waals surface area contributed by atoms with E-state index in [0.29, 0.717) is 5.75 Å². The fourth-order valence-corrected chi connectivity index (χ4v) is 1.92. The molecule has 0 heterocycles. The molecular weight excluding hydrogens is 283 g/mol. The summed E-state index contributed by atoms with van der Waals surface area (Å²) in [7, 11) is 1.57. The summed E-state index contributed by atoms with van der Waals surface area (Å²) in [6.07, 6.45) is -4.19. The average molecular weight is 305 g/mol. The first-order chi connectivity index (χ1) is 9.98. The highest BCUT2D eigenvalue weighted by Gasteiger charge is 2.26. The van der Waals surface area contributed by atoms with Crippen LogP contribution in [-0.4, -0.2) is 33.0 Å². The molecule has 120 valence electrons. The van der Waals surface area contributed by atoms with Gasteiger partial charge in [0.25, 0.3) is 0 Å². The molecule has 0 aliphatic carbocycles. The van der Waals surface area contributed by atoms with E-state index in [-0.39, 0.29) is 19.3 Å². The Labute approximate surface area is 123 Å². The topological polar surface area (TPSA) is 30.5 Å². The maximum Gasteiger partial charge on any atom is 0.391 e. The van der Waals surface area contributed by atoms with Gasteiger partial charge in [-0.2, -0.15) is 13.2 Å². The zero-order valence-corrected chi connectivity index (χ0v) is 12.4. The molecule has 1 unspecified atom stereocenters. The van der Waals surface area contributed by atoms with Crippen LogP contribution in [0.4, 0.5) is 13.2 Å². The summed E-state index contributed by atoms with van der Waals surface area (Å²) in [4.78, 5) is 0. The van der Waals surface area contributed by atoms with E-state index in [0.717, 1.165) is 18.5 Å². The minimum Gasteiger partial charge on any atom is -0.496 e. The predicted octanol–water partition coefficient (Wildman–Crippen LogP) is 3.70. The van der Waals surface area contributed by atoms with Crippen LogP contribution in [0.1, 0.15) is 31.4 Å². The Hall–Kier alpha value is -1.27. The highest BCUT2D eigenvalue weighted by molar-refractivity contribution is 5.35. The molecule has 0 saturated carbocycles. The van der Waals surface area contributed by atoms with Gasteiger partial charge in [-0.05, 0) is 19.0 Å². The molecule has 1 atom stereocenters. The first-order valence-electron chi connectivity index (χ1n) is 6.98. The van der Waals surface area contributed by atoms with Crippen LogP contribution in [0.3, 0.4) is 0 Å². The van der Waals surface area contributed by atoms with Crippen molar-refractivity contribution in [1.29, 1.82) is 0 Å². The molecule has 0 bridgehead atoms. The van der Waals surface area contributed by atoms with Crippen molar-refractivity contribution in [2.45, 2.75) is 32.0 Å². The number of methoxy groups -OCH3 is 1. The monoisotopic (exact) mass is 305 g/mol. The fraction of sp³-hybridized carbons (Fsp3) is 0.600. The smallest absolute Gasteiger partial charge is 0.391 e. The molecule has 6 heteroatoms. The highest BCUT2D eigenvalue weighted by Crippen LogP contribution is 2.25. The van der Waals surface area contributed by atoms with Gasteiger partial charge in [0.05, 0.1) is 32.8 Å². The van der Waals surface area contributed by atoms with Crippen molar-refractivity contribution in [2.24, 2.45) is 0 Å².